The molecule has 6 rings (SSSR count). The third-order valence-corrected chi connectivity index (χ3v) is 8.76. The minimum Gasteiger partial charge on any atom is -0.494 e. The largest absolute Gasteiger partial charge is 0.494 e. The van der Waals surface area contributed by atoms with Crippen LogP contribution in [-0.4, -0.2) is 23.8 Å². The van der Waals surface area contributed by atoms with Crippen LogP contribution in [0.2, 0.25) is 5.02 Å². The van der Waals surface area contributed by atoms with E-state index in [0.717, 1.165) is 21.9 Å². The number of carbonyl (C=O) groups is 1. The second kappa shape index (κ2) is 13.1. The normalized spacial score (nSPS) is 14.7. The molecular formula is C36H31ClN2O5S. The molecule has 2 heterocycles. The zero-order valence-electron chi connectivity index (χ0n) is 25.1. The van der Waals surface area contributed by atoms with Crippen LogP contribution in [0, 0.1) is 0 Å². The molecule has 0 radical (unpaired) electrons. The van der Waals surface area contributed by atoms with Crippen LogP contribution in [0.5, 0.6) is 11.5 Å². The lowest BCUT2D eigenvalue weighted by atomic mass is 9.96. The summed E-state index contributed by atoms with van der Waals surface area (Å²) in [5, 5.41) is 2.76. The number of esters is 1. The van der Waals surface area contributed by atoms with E-state index in [-0.39, 0.29) is 12.2 Å². The van der Waals surface area contributed by atoms with Crippen LogP contribution >= 0.6 is 22.9 Å². The predicted octanol–water partition coefficient (Wildman–Crippen LogP) is 6.58. The van der Waals surface area contributed by atoms with Crippen molar-refractivity contribution in [1.29, 1.82) is 0 Å². The first-order chi connectivity index (χ1) is 21.9. The van der Waals surface area contributed by atoms with Gasteiger partial charge in [-0.05, 0) is 79.1 Å². The Labute approximate surface area is 269 Å². The summed E-state index contributed by atoms with van der Waals surface area (Å²) in [6.07, 6.45) is 1.77. The second-order valence-electron chi connectivity index (χ2n) is 10.4. The van der Waals surface area contributed by atoms with Crippen molar-refractivity contribution >= 4 is 45.8 Å². The summed E-state index contributed by atoms with van der Waals surface area (Å²) in [6, 6.07) is 26.3. The first-order valence-corrected chi connectivity index (χ1v) is 15.9. The van der Waals surface area contributed by atoms with Crippen molar-refractivity contribution in [1.82, 2.24) is 4.57 Å². The van der Waals surface area contributed by atoms with Crippen molar-refractivity contribution in [3.63, 3.8) is 0 Å². The van der Waals surface area contributed by atoms with Gasteiger partial charge in [0.2, 0.25) is 0 Å². The fraction of sp³-hybridized carbons (Fsp3) is 0.194. The minimum absolute atomic E-state index is 0.201. The average Bonchev–Trinajstić information content (AvgIpc) is 3.34. The van der Waals surface area contributed by atoms with E-state index in [4.69, 9.17) is 25.8 Å². The van der Waals surface area contributed by atoms with Crippen molar-refractivity contribution in [3.8, 4) is 11.5 Å². The molecule has 9 heteroatoms. The second-order valence-corrected chi connectivity index (χ2v) is 11.9. The molecule has 0 amide bonds. The summed E-state index contributed by atoms with van der Waals surface area (Å²) in [5.41, 5.74) is 2.98. The molecule has 0 N–H and O–H groups in total. The Morgan fingerprint density at radius 2 is 1.76 bits per heavy atom. The number of halogens is 1. The highest BCUT2D eigenvalue weighted by Crippen LogP contribution is 2.32. The van der Waals surface area contributed by atoms with Crippen LogP contribution in [0.3, 0.4) is 0 Å². The van der Waals surface area contributed by atoms with Gasteiger partial charge >= 0.3 is 5.97 Å². The van der Waals surface area contributed by atoms with Gasteiger partial charge in [0.05, 0.1) is 35.1 Å². The number of hydrogen-bond donors (Lipinski definition) is 0. The standard InChI is InChI=1S/C36H31ClN2O5S/c1-4-42-28-16-13-24(14-17-28)33-32(35(41)43-5-2)22(3)38-36-39(33)34(40)31(45-36)20-26-19-27(37)15-18-30(26)44-21-25-11-8-10-23-9-6-7-12-29(23)25/h6-20,33H,4-5,21H2,1-3H3/b31-20-/t33-/m0/s1. The molecule has 228 valence electrons. The summed E-state index contributed by atoms with van der Waals surface area (Å²) in [4.78, 5) is 32.5. The van der Waals surface area contributed by atoms with Gasteiger partial charge in [0, 0.05) is 10.6 Å². The van der Waals surface area contributed by atoms with Crippen molar-refractivity contribution in [2.45, 2.75) is 33.4 Å². The summed E-state index contributed by atoms with van der Waals surface area (Å²) < 4.78 is 19.3. The van der Waals surface area contributed by atoms with Gasteiger partial charge in [0.15, 0.2) is 4.80 Å². The lowest BCUT2D eigenvalue weighted by Gasteiger charge is -2.24. The van der Waals surface area contributed by atoms with Gasteiger partial charge in [-0.25, -0.2) is 9.79 Å². The number of fused-ring (bicyclic) bond motifs is 2. The van der Waals surface area contributed by atoms with Crippen LogP contribution in [0.15, 0.2) is 106 Å². The minimum atomic E-state index is -0.723. The van der Waals surface area contributed by atoms with Crippen LogP contribution in [0.25, 0.3) is 16.8 Å². The highest BCUT2D eigenvalue weighted by Gasteiger charge is 2.33. The molecule has 4 aromatic carbocycles. The van der Waals surface area contributed by atoms with Gasteiger partial charge in [-0.15, -0.1) is 0 Å². The van der Waals surface area contributed by atoms with Crippen LogP contribution in [-0.2, 0) is 16.1 Å². The van der Waals surface area contributed by atoms with Gasteiger partial charge in [0.1, 0.15) is 18.1 Å². The average molecular weight is 639 g/mol. The molecule has 0 aliphatic carbocycles. The Hall–Kier alpha value is -4.66. The smallest absolute Gasteiger partial charge is 0.338 e. The number of hydrogen-bond acceptors (Lipinski definition) is 7. The van der Waals surface area contributed by atoms with Gasteiger partial charge in [-0.2, -0.15) is 0 Å². The molecule has 1 aromatic heterocycles. The topological polar surface area (TPSA) is 79.1 Å². The van der Waals surface area contributed by atoms with E-state index < -0.39 is 12.0 Å². The van der Waals surface area contributed by atoms with E-state index >= 15 is 0 Å². The molecular weight excluding hydrogens is 608 g/mol. The maximum atomic E-state index is 14.1. The lowest BCUT2D eigenvalue weighted by molar-refractivity contribution is -0.139. The summed E-state index contributed by atoms with van der Waals surface area (Å²) in [6.45, 7) is 6.49. The van der Waals surface area contributed by atoms with Gasteiger partial charge in [-0.1, -0.05) is 77.5 Å². The summed E-state index contributed by atoms with van der Waals surface area (Å²) >= 11 is 7.66. The number of benzene rings is 4. The monoisotopic (exact) mass is 638 g/mol. The van der Waals surface area contributed by atoms with E-state index in [2.05, 4.69) is 23.2 Å². The zero-order valence-corrected chi connectivity index (χ0v) is 26.7. The Morgan fingerprint density at radius 3 is 2.53 bits per heavy atom. The fourth-order valence-electron chi connectivity index (χ4n) is 5.50. The number of aromatic nitrogens is 1. The Morgan fingerprint density at radius 1 is 0.978 bits per heavy atom. The molecule has 0 saturated heterocycles. The molecule has 0 unspecified atom stereocenters. The van der Waals surface area contributed by atoms with Crippen molar-refractivity contribution < 1.29 is 19.0 Å². The van der Waals surface area contributed by atoms with Gasteiger partial charge in [0.25, 0.3) is 5.56 Å². The molecule has 0 fully saturated rings. The predicted molar refractivity (Wildman–Crippen MR) is 178 cm³/mol. The Kier molecular flexibility index (Phi) is 8.87. The summed E-state index contributed by atoms with van der Waals surface area (Å²) in [5.74, 6) is 0.777. The van der Waals surface area contributed by atoms with Gasteiger partial charge in [-0.3, -0.25) is 9.36 Å². The number of ether oxygens (including phenoxy) is 3. The molecule has 0 saturated carbocycles. The van der Waals surface area contributed by atoms with Crippen molar-refractivity contribution in [3.05, 3.63) is 138 Å². The Balaban J connectivity index is 1.43. The third kappa shape index (κ3) is 6.16. The van der Waals surface area contributed by atoms with Crippen LogP contribution in [0.1, 0.15) is 43.5 Å². The maximum Gasteiger partial charge on any atom is 0.338 e. The quantitative estimate of drug-likeness (QED) is 0.170. The van der Waals surface area contributed by atoms with E-state index in [9.17, 15) is 9.59 Å². The first kappa shape index (κ1) is 30.4. The number of allylic oxidation sites excluding steroid dienone is 1. The van der Waals surface area contributed by atoms with E-state index in [0.29, 0.717) is 55.9 Å². The van der Waals surface area contributed by atoms with E-state index in [1.54, 1.807) is 36.6 Å². The highest BCUT2D eigenvalue weighted by atomic mass is 35.5. The van der Waals surface area contributed by atoms with Crippen molar-refractivity contribution in [2.24, 2.45) is 4.99 Å². The number of carbonyl (C=O) groups excluding carboxylic acids is 1. The van der Waals surface area contributed by atoms with Gasteiger partial charge < -0.3 is 14.2 Å². The number of nitrogens with zero attached hydrogens (tertiary/aromatic N) is 2. The molecule has 5 aromatic rings. The molecule has 0 bridgehead atoms. The van der Waals surface area contributed by atoms with Crippen LogP contribution < -0.4 is 24.4 Å². The van der Waals surface area contributed by atoms with E-state index in [1.807, 2.05) is 61.5 Å². The fourth-order valence-corrected chi connectivity index (χ4v) is 6.72. The molecule has 1 atom stereocenters. The van der Waals surface area contributed by atoms with Crippen LogP contribution in [0.4, 0.5) is 0 Å². The van der Waals surface area contributed by atoms with Crippen molar-refractivity contribution in [2.75, 3.05) is 13.2 Å². The number of rotatable bonds is 9. The highest BCUT2D eigenvalue weighted by molar-refractivity contribution is 7.07. The molecule has 0 spiro atoms. The Bertz CT molecular complexity index is 2110. The molecule has 1 aliphatic heterocycles. The third-order valence-electron chi connectivity index (χ3n) is 7.55. The molecule has 45 heavy (non-hydrogen) atoms. The molecule has 7 nitrogen and oxygen atoms in total. The lowest BCUT2D eigenvalue weighted by Crippen LogP contribution is -2.39. The number of thiazole rings is 1. The first-order valence-electron chi connectivity index (χ1n) is 14.7. The maximum absolute atomic E-state index is 14.1. The summed E-state index contributed by atoms with van der Waals surface area (Å²) in [7, 11) is 0. The zero-order chi connectivity index (χ0) is 31.5. The SMILES string of the molecule is CCOC(=O)C1=C(C)N=c2s/c(=C\c3cc(Cl)ccc3OCc3cccc4ccccc34)c(=O)n2[C@H]1c1ccc(OCC)cc1. The molecule has 1 aliphatic rings. The van der Waals surface area contributed by atoms with E-state index in [1.165, 1.54) is 11.3 Å².